The van der Waals surface area contributed by atoms with Crippen molar-refractivity contribution in [3.8, 4) is 0 Å². The number of hydrogen-bond acceptors (Lipinski definition) is 5. The average Bonchev–Trinajstić information content (AvgIpc) is 3.20. The number of aromatic nitrogens is 1. The second kappa shape index (κ2) is 7.39. The quantitative estimate of drug-likeness (QED) is 0.668. The Balaban J connectivity index is 1.79. The van der Waals surface area contributed by atoms with Gasteiger partial charge in [-0.3, -0.25) is 14.9 Å². The number of rotatable bonds is 4. The number of aryl methyl sites for hydroxylation is 4. The normalized spacial score (nSPS) is 10.6. The zero-order valence-corrected chi connectivity index (χ0v) is 16.6. The average molecular weight is 386 g/mol. The van der Waals surface area contributed by atoms with Crippen LogP contribution >= 0.6 is 22.7 Å². The molecule has 0 atom stereocenters. The lowest BCUT2D eigenvalue weighted by atomic mass is 10.1. The number of amides is 2. The van der Waals surface area contributed by atoms with Gasteiger partial charge in [0, 0.05) is 5.69 Å². The Hall–Kier alpha value is -2.51. The van der Waals surface area contributed by atoms with Crippen molar-refractivity contribution in [3.05, 3.63) is 61.8 Å². The fourth-order valence-electron chi connectivity index (χ4n) is 2.77. The Morgan fingerprint density at radius 3 is 2.31 bits per heavy atom. The fraction of sp³-hybridized carbons (Fsp3) is 0.211. The fourth-order valence-corrected chi connectivity index (χ4v) is 4.25. The van der Waals surface area contributed by atoms with Crippen LogP contribution in [0.2, 0.25) is 0 Å². The summed E-state index contributed by atoms with van der Waals surface area (Å²) < 4.78 is 0. The molecule has 3 rings (SSSR count). The van der Waals surface area contributed by atoms with Crippen LogP contribution < -0.4 is 10.6 Å². The minimum atomic E-state index is -0.217. The van der Waals surface area contributed by atoms with Crippen molar-refractivity contribution in [2.24, 2.45) is 0 Å². The highest BCUT2D eigenvalue weighted by Crippen LogP contribution is 2.27. The second-order valence-corrected chi connectivity index (χ2v) is 8.04. The summed E-state index contributed by atoms with van der Waals surface area (Å²) in [7, 11) is 0. The maximum absolute atomic E-state index is 12.7. The topological polar surface area (TPSA) is 71.1 Å². The molecule has 26 heavy (non-hydrogen) atoms. The molecule has 0 aliphatic carbocycles. The summed E-state index contributed by atoms with van der Waals surface area (Å²) in [5, 5.41) is 7.99. The Morgan fingerprint density at radius 2 is 1.69 bits per heavy atom. The van der Waals surface area contributed by atoms with Crippen LogP contribution in [0.3, 0.4) is 0 Å². The van der Waals surface area contributed by atoms with E-state index < -0.39 is 0 Å². The van der Waals surface area contributed by atoms with E-state index in [1.807, 2.05) is 44.4 Å². The van der Waals surface area contributed by atoms with E-state index in [1.54, 1.807) is 13.0 Å². The molecule has 0 spiro atoms. The largest absolute Gasteiger partial charge is 0.321 e. The minimum absolute atomic E-state index is 0.216. The smallest absolute Gasteiger partial charge is 0.267 e. The number of nitrogens with zero attached hydrogens (tertiary/aromatic N) is 1. The standard InChI is InChI=1S/C19H19N3O2S2/c1-10-8-11(2)15(12(3)9-10)21-18(24)16-13(4)20-19(26-16)22-17(23)14-6-5-7-25-14/h5-9H,1-4H3,(H,21,24)(H,20,22,23). The zero-order chi connectivity index (χ0) is 18.8. The number of benzene rings is 1. The summed E-state index contributed by atoms with van der Waals surface area (Å²) in [6.07, 6.45) is 0. The van der Waals surface area contributed by atoms with Crippen molar-refractivity contribution < 1.29 is 9.59 Å². The van der Waals surface area contributed by atoms with Gasteiger partial charge in [0.2, 0.25) is 0 Å². The molecule has 0 saturated carbocycles. The molecule has 7 heteroatoms. The van der Waals surface area contributed by atoms with Crippen LogP contribution in [0.4, 0.5) is 10.8 Å². The molecule has 0 unspecified atom stereocenters. The summed E-state index contributed by atoms with van der Waals surface area (Å²) >= 11 is 2.54. The van der Waals surface area contributed by atoms with Gasteiger partial charge in [-0.05, 0) is 50.3 Å². The minimum Gasteiger partial charge on any atom is -0.321 e. The van der Waals surface area contributed by atoms with Gasteiger partial charge in [0.25, 0.3) is 11.8 Å². The van der Waals surface area contributed by atoms with Crippen LogP contribution in [0.1, 0.15) is 41.7 Å². The van der Waals surface area contributed by atoms with Gasteiger partial charge in [0.05, 0.1) is 10.6 Å². The zero-order valence-electron chi connectivity index (χ0n) is 15.0. The maximum Gasteiger partial charge on any atom is 0.267 e. The summed E-state index contributed by atoms with van der Waals surface area (Å²) in [5.74, 6) is -0.433. The van der Waals surface area contributed by atoms with Gasteiger partial charge in [-0.1, -0.05) is 35.1 Å². The Labute approximate surface area is 160 Å². The molecular weight excluding hydrogens is 366 g/mol. The Bertz CT molecular complexity index is 952. The number of thiophene rings is 1. The maximum atomic E-state index is 12.7. The van der Waals surface area contributed by atoms with Gasteiger partial charge < -0.3 is 5.32 Å². The van der Waals surface area contributed by atoms with Crippen LogP contribution in [-0.4, -0.2) is 16.8 Å². The van der Waals surface area contributed by atoms with Crippen molar-refractivity contribution in [1.29, 1.82) is 0 Å². The van der Waals surface area contributed by atoms with Gasteiger partial charge in [-0.15, -0.1) is 11.3 Å². The van der Waals surface area contributed by atoms with Crippen LogP contribution in [0, 0.1) is 27.7 Å². The number of carbonyl (C=O) groups excluding carboxylic acids is 2. The van der Waals surface area contributed by atoms with Crippen molar-refractivity contribution >= 4 is 45.3 Å². The molecule has 1 aromatic carbocycles. The predicted molar refractivity (Wildman–Crippen MR) is 108 cm³/mol. The number of hydrogen-bond donors (Lipinski definition) is 2. The number of carbonyl (C=O) groups is 2. The van der Waals surface area contributed by atoms with Crippen LogP contribution in [-0.2, 0) is 0 Å². The molecule has 2 aromatic heterocycles. The van der Waals surface area contributed by atoms with Gasteiger partial charge in [-0.2, -0.15) is 0 Å². The highest BCUT2D eigenvalue weighted by atomic mass is 32.1. The van der Waals surface area contributed by atoms with E-state index in [4.69, 9.17) is 0 Å². The van der Waals surface area contributed by atoms with E-state index in [-0.39, 0.29) is 11.8 Å². The van der Waals surface area contributed by atoms with Crippen molar-refractivity contribution in [2.45, 2.75) is 27.7 Å². The molecule has 2 amide bonds. The first kappa shape index (κ1) is 18.3. The lowest BCUT2D eigenvalue weighted by Gasteiger charge is -2.12. The molecule has 0 aliphatic heterocycles. The van der Waals surface area contributed by atoms with Gasteiger partial charge in [0.1, 0.15) is 4.88 Å². The molecular formula is C19H19N3O2S2. The predicted octanol–water partition coefficient (Wildman–Crippen LogP) is 4.94. The first-order chi connectivity index (χ1) is 12.3. The molecule has 0 aliphatic rings. The molecule has 0 fully saturated rings. The molecule has 5 nitrogen and oxygen atoms in total. The first-order valence-electron chi connectivity index (χ1n) is 8.06. The summed E-state index contributed by atoms with van der Waals surface area (Å²) in [6.45, 7) is 7.74. The molecule has 2 heterocycles. The Kier molecular flexibility index (Phi) is 5.20. The highest BCUT2D eigenvalue weighted by molar-refractivity contribution is 7.18. The molecule has 0 radical (unpaired) electrons. The number of nitrogens with one attached hydrogen (secondary N) is 2. The lowest BCUT2D eigenvalue weighted by molar-refractivity contribution is 0.102. The van der Waals surface area contributed by atoms with Crippen LogP contribution in [0.5, 0.6) is 0 Å². The monoisotopic (exact) mass is 385 g/mol. The third kappa shape index (κ3) is 3.84. The lowest BCUT2D eigenvalue weighted by Crippen LogP contribution is -2.13. The molecule has 3 aromatic rings. The second-order valence-electron chi connectivity index (χ2n) is 6.09. The van der Waals surface area contributed by atoms with Gasteiger partial charge in [-0.25, -0.2) is 4.98 Å². The molecule has 134 valence electrons. The number of thiazole rings is 1. The number of anilines is 2. The Morgan fingerprint density at radius 1 is 1.00 bits per heavy atom. The first-order valence-corrected chi connectivity index (χ1v) is 9.76. The third-order valence-electron chi connectivity index (χ3n) is 3.88. The highest BCUT2D eigenvalue weighted by Gasteiger charge is 2.19. The van der Waals surface area contributed by atoms with Crippen LogP contribution in [0.25, 0.3) is 0 Å². The van der Waals surface area contributed by atoms with Crippen molar-refractivity contribution in [2.75, 3.05) is 10.6 Å². The molecule has 0 bridgehead atoms. The van der Waals surface area contributed by atoms with E-state index >= 15 is 0 Å². The third-order valence-corrected chi connectivity index (χ3v) is 5.82. The van der Waals surface area contributed by atoms with Gasteiger partial charge >= 0.3 is 0 Å². The molecule has 2 N–H and O–H groups in total. The summed E-state index contributed by atoms with van der Waals surface area (Å²) in [6, 6.07) is 7.64. The SMILES string of the molecule is Cc1cc(C)c(NC(=O)c2sc(NC(=O)c3cccs3)nc2C)c(C)c1. The van der Waals surface area contributed by atoms with E-state index in [9.17, 15) is 9.59 Å². The van der Waals surface area contributed by atoms with Crippen molar-refractivity contribution in [1.82, 2.24) is 4.98 Å². The molecule has 0 saturated heterocycles. The van der Waals surface area contributed by atoms with Crippen molar-refractivity contribution in [3.63, 3.8) is 0 Å². The van der Waals surface area contributed by atoms with E-state index in [0.29, 0.717) is 20.6 Å². The van der Waals surface area contributed by atoms with Crippen LogP contribution in [0.15, 0.2) is 29.6 Å². The van der Waals surface area contributed by atoms with E-state index in [1.165, 1.54) is 22.7 Å². The summed E-state index contributed by atoms with van der Waals surface area (Å²) in [5.41, 5.74) is 4.60. The van der Waals surface area contributed by atoms with Gasteiger partial charge in [0.15, 0.2) is 5.13 Å². The van der Waals surface area contributed by atoms with E-state index in [0.717, 1.165) is 22.4 Å². The van der Waals surface area contributed by atoms with E-state index in [2.05, 4.69) is 15.6 Å². The summed E-state index contributed by atoms with van der Waals surface area (Å²) in [4.78, 5) is 30.3.